The van der Waals surface area contributed by atoms with E-state index >= 15 is 0 Å². The summed E-state index contributed by atoms with van der Waals surface area (Å²) in [4.78, 5) is 0. The molecule has 0 radical (unpaired) electrons. The van der Waals surface area contributed by atoms with Gasteiger partial charge in [-0.15, -0.1) is 0 Å². The fourth-order valence-corrected chi connectivity index (χ4v) is 2.69. The summed E-state index contributed by atoms with van der Waals surface area (Å²) in [5.74, 6) is 0.897. The van der Waals surface area contributed by atoms with E-state index in [0.717, 1.165) is 18.8 Å². The van der Waals surface area contributed by atoms with Crippen LogP contribution in [-0.2, 0) is 9.47 Å². The third kappa shape index (κ3) is 4.79. The van der Waals surface area contributed by atoms with E-state index in [1.165, 1.54) is 5.56 Å². The lowest BCUT2D eigenvalue weighted by Gasteiger charge is -2.32. The largest absolute Gasteiger partial charge is 0.492 e. The molecular formula is C19H23NO3. The average molecular weight is 313 g/mol. The van der Waals surface area contributed by atoms with Crippen molar-refractivity contribution in [3.05, 3.63) is 66.2 Å². The van der Waals surface area contributed by atoms with Gasteiger partial charge >= 0.3 is 0 Å². The SMILES string of the molecule is c1ccc(OCCNC[C@H]2OCCO[C@@H]2c2ccccc2)cc1. The number of para-hydroxylation sites is 1. The highest BCUT2D eigenvalue weighted by atomic mass is 16.6. The molecule has 4 nitrogen and oxygen atoms in total. The third-order valence-electron chi connectivity index (χ3n) is 3.81. The monoisotopic (exact) mass is 313 g/mol. The Morgan fingerprint density at radius 2 is 1.61 bits per heavy atom. The Kier molecular flexibility index (Phi) is 6.03. The zero-order valence-corrected chi connectivity index (χ0v) is 13.2. The first-order valence-electron chi connectivity index (χ1n) is 8.10. The molecule has 4 heteroatoms. The van der Waals surface area contributed by atoms with Gasteiger partial charge in [-0.1, -0.05) is 48.5 Å². The van der Waals surface area contributed by atoms with Crippen LogP contribution in [0, 0.1) is 0 Å². The molecule has 1 aliphatic rings. The summed E-state index contributed by atoms with van der Waals surface area (Å²) in [5.41, 5.74) is 1.17. The van der Waals surface area contributed by atoms with Crippen molar-refractivity contribution in [1.82, 2.24) is 5.32 Å². The first kappa shape index (κ1) is 16.0. The van der Waals surface area contributed by atoms with Gasteiger partial charge in [0.1, 0.15) is 24.6 Å². The summed E-state index contributed by atoms with van der Waals surface area (Å²) in [5, 5.41) is 3.40. The summed E-state index contributed by atoms with van der Waals surface area (Å²) in [6.45, 7) is 3.45. The summed E-state index contributed by atoms with van der Waals surface area (Å²) in [6.07, 6.45) is 0.0235. The molecule has 1 aliphatic heterocycles. The summed E-state index contributed by atoms with van der Waals surface area (Å²) < 4.78 is 17.5. The molecule has 0 amide bonds. The van der Waals surface area contributed by atoms with Crippen LogP contribution >= 0.6 is 0 Å². The number of rotatable bonds is 7. The molecular weight excluding hydrogens is 290 g/mol. The molecule has 0 unspecified atom stereocenters. The number of ether oxygens (including phenoxy) is 3. The van der Waals surface area contributed by atoms with Crippen LogP contribution in [0.15, 0.2) is 60.7 Å². The summed E-state index contributed by atoms with van der Waals surface area (Å²) in [6, 6.07) is 20.1. The van der Waals surface area contributed by atoms with E-state index in [1.807, 2.05) is 48.5 Å². The molecule has 0 spiro atoms. The van der Waals surface area contributed by atoms with Crippen LogP contribution in [0.2, 0.25) is 0 Å². The maximum absolute atomic E-state index is 5.91. The van der Waals surface area contributed by atoms with Gasteiger partial charge in [-0.2, -0.15) is 0 Å². The van der Waals surface area contributed by atoms with Crippen LogP contribution in [0.25, 0.3) is 0 Å². The van der Waals surface area contributed by atoms with E-state index < -0.39 is 0 Å². The van der Waals surface area contributed by atoms with Crippen LogP contribution in [0.3, 0.4) is 0 Å². The molecule has 1 saturated heterocycles. The van der Waals surface area contributed by atoms with Gasteiger partial charge < -0.3 is 19.5 Å². The highest BCUT2D eigenvalue weighted by molar-refractivity contribution is 5.21. The molecule has 2 atom stereocenters. The second-order valence-corrected chi connectivity index (χ2v) is 5.48. The minimum atomic E-state index is -0.00695. The molecule has 1 heterocycles. The molecule has 2 aromatic rings. The topological polar surface area (TPSA) is 39.7 Å². The van der Waals surface area contributed by atoms with Crippen molar-refractivity contribution in [3.63, 3.8) is 0 Å². The highest BCUT2D eigenvalue weighted by Gasteiger charge is 2.27. The standard InChI is InChI=1S/C19H23NO3/c1-3-7-16(8-4-1)19-18(22-13-14-23-19)15-20-11-12-21-17-9-5-2-6-10-17/h1-10,18-20H,11-15H2/t18-,19-/m1/s1. The quantitative estimate of drug-likeness (QED) is 0.798. The molecule has 122 valence electrons. The van der Waals surface area contributed by atoms with Crippen molar-refractivity contribution in [3.8, 4) is 5.75 Å². The molecule has 0 saturated carbocycles. The number of nitrogens with one attached hydrogen (secondary N) is 1. The minimum absolute atomic E-state index is 0.00695. The van der Waals surface area contributed by atoms with Gasteiger partial charge in [-0.25, -0.2) is 0 Å². The lowest BCUT2D eigenvalue weighted by Crippen LogP contribution is -2.40. The Balaban J connectivity index is 1.43. The second kappa shape index (κ2) is 8.67. The minimum Gasteiger partial charge on any atom is -0.492 e. The van der Waals surface area contributed by atoms with Crippen molar-refractivity contribution in [2.24, 2.45) is 0 Å². The number of hydrogen-bond acceptors (Lipinski definition) is 4. The zero-order valence-electron chi connectivity index (χ0n) is 13.2. The lowest BCUT2D eigenvalue weighted by atomic mass is 10.0. The number of hydrogen-bond donors (Lipinski definition) is 1. The first-order valence-corrected chi connectivity index (χ1v) is 8.10. The van der Waals surface area contributed by atoms with Crippen molar-refractivity contribution in [2.75, 3.05) is 32.9 Å². The molecule has 1 N–H and O–H groups in total. The van der Waals surface area contributed by atoms with Crippen LogP contribution in [0.1, 0.15) is 11.7 Å². The van der Waals surface area contributed by atoms with Gasteiger partial charge in [0.15, 0.2) is 0 Å². The Bertz CT molecular complexity index is 561. The Labute approximate surface area is 137 Å². The van der Waals surface area contributed by atoms with Crippen LogP contribution < -0.4 is 10.1 Å². The lowest BCUT2D eigenvalue weighted by molar-refractivity contribution is -0.140. The molecule has 1 fully saturated rings. The molecule has 0 aliphatic carbocycles. The van der Waals surface area contributed by atoms with Gasteiger partial charge in [0.2, 0.25) is 0 Å². The van der Waals surface area contributed by atoms with E-state index in [0.29, 0.717) is 19.8 Å². The Hall–Kier alpha value is -1.88. The van der Waals surface area contributed by atoms with Gasteiger partial charge in [0.05, 0.1) is 13.2 Å². The van der Waals surface area contributed by atoms with Crippen molar-refractivity contribution < 1.29 is 14.2 Å². The summed E-state index contributed by atoms with van der Waals surface area (Å²) >= 11 is 0. The normalized spacial score (nSPS) is 21.0. The first-order chi connectivity index (χ1) is 11.4. The van der Waals surface area contributed by atoms with Crippen molar-refractivity contribution in [1.29, 1.82) is 0 Å². The van der Waals surface area contributed by atoms with E-state index in [2.05, 4.69) is 17.4 Å². The number of benzene rings is 2. The zero-order chi connectivity index (χ0) is 15.7. The predicted molar refractivity (Wildman–Crippen MR) is 89.7 cm³/mol. The van der Waals surface area contributed by atoms with E-state index in [9.17, 15) is 0 Å². The maximum Gasteiger partial charge on any atom is 0.119 e. The van der Waals surface area contributed by atoms with Gasteiger partial charge in [-0.3, -0.25) is 0 Å². The second-order valence-electron chi connectivity index (χ2n) is 5.48. The molecule has 0 bridgehead atoms. The van der Waals surface area contributed by atoms with Crippen molar-refractivity contribution >= 4 is 0 Å². The Morgan fingerprint density at radius 3 is 2.39 bits per heavy atom. The van der Waals surface area contributed by atoms with Gasteiger partial charge in [-0.05, 0) is 17.7 Å². The smallest absolute Gasteiger partial charge is 0.119 e. The van der Waals surface area contributed by atoms with Crippen LogP contribution in [0.5, 0.6) is 5.75 Å². The molecule has 0 aromatic heterocycles. The van der Waals surface area contributed by atoms with E-state index in [4.69, 9.17) is 14.2 Å². The van der Waals surface area contributed by atoms with Crippen LogP contribution in [0.4, 0.5) is 0 Å². The predicted octanol–water partition coefficient (Wildman–Crippen LogP) is 2.81. The fraction of sp³-hybridized carbons (Fsp3) is 0.368. The Morgan fingerprint density at radius 1 is 0.913 bits per heavy atom. The van der Waals surface area contributed by atoms with Crippen molar-refractivity contribution in [2.45, 2.75) is 12.2 Å². The van der Waals surface area contributed by atoms with Crippen LogP contribution in [-0.4, -0.2) is 39.0 Å². The molecule has 2 aromatic carbocycles. The third-order valence-corrected chi connectivity index (χ3v) is 3.81. The van der Waals surface area contributed by atoms with E-state index in [-0.39, 0.29) is 12.2 Å². The van der Waals surface area contributed by atoms with Gasteiger partial charge in [0.25, 0.3) is 0 Å². The fourth-order valence-electron chi connectivity index (χ4n) is 2.69. The highest BCUT2D eigenvalue weighted by Crippen LogP contribution is 2.26. The molecule has 3 rings (SSSR count). The van der Waals surface area contributed by atoms with Gasteiger partial charge in [0, 0.05) is 13.1 Å². The summed E-state index contributed by atoms with van der Waals surface area (Å²) in [7, 11) is 0. The van der Waals surface area contributed by atoms with E-state index in [1.54, 1.807) is 0 Å². The molecule has 23 heavy (non-hydrogen) atoms. The average Bonchev–Trinajstić information content (AvgIpc) is 2.63. The maximum atomic E-state index is 5.91.